The summed E-state index contributed by atoms with van der Waals surface area (Å²) in [5, 5.41) is 0. The van der Waals surface area contributed by atoms with Crippen LogP contribution in [0.25, 0.3) is 0 Å². The number of anilines is 9. The fourth-order valence-electron chi connectivity index (χ4n) is 12.4. The molecule has 6 aromatic carbocycles. The number of fused-ring (bicyclic) bond motifs is 6. The van der Waals surface area contributed by atoms with Crippen LogP contribution in [0.1, 0.15) is 156 Å². The Morgan fingerprint density at radius 1 is 0.443 bits per heavy atom. The summed E-state index contributed by atoms with van der Waals surface area (Å²) >= 11 is 0. The summed E-state index contributed by atoms with van der Waals surface area (Å²) in [6, 6.07) is 53.5. The number of pyridine rings is 1. The number of hydrogen-bond donors (Lipinski definition) is 0. The number of benzene rings is 6. The minimum atomic E-state index is -0.0683. The van der Waals surface area contributed by atoms with Crippen LogP contribution in [-0.2, 0) is 32.5 Å². The van der Waals surface area contributed by atoms with Gasteiger partial charge in [-0.1, -0.05) is 170 Å². The maximum atomic E-state index is 6.11. The first-order chi connectivity index (χ1) is 32.9. The molecule has 2 aliphatic heterocycles. The predicted octanol–water partition coefficient (Wildman–Crippen LogP) is 15.9. The summed E-state index contributed by atoms with van der Waals surface area (Å²) in [6.45, 7) is 33.6. The molecule has 356 valence electrons. The van der Waals surface area contributed by atoms with Crippen molar-refractivity contribution in [2.24, 2.45) is 0 Å². The fourth-order valence-corrected chi connectivity index (χ4v) is 12.4. The van der Waals surface area contributed by atoms with Gasteiger partial charge in [-0.05, 0) is 169 Å². The quantitative estimate of drug-likeness (QED) is 0.160. The van der Waals surface area contributed by atoms with E-state index in [9.17, 15) is 0 Å². The molecule has 0 atom stereocenters. The Kier molecular flexibility index (Phi) is 10.4. The molecule has 3 heterocycles. The molecule has 5 heteroatoms. The summed E-state index contributed by atoms with van der Waals surface area (Å²) in [5.74, 6) is 1.87. The molecule has 0 bridgehead atoms. The molecule has 0 amide bonds. The van der Waals surface area contributed by atoms with Crippen LogP contribution < -0.4 is 31.1 Å². The van der Waals surface area contributed by atoms with Gasteiger partial charge in [0, 0.05) is 45.9 Å². The Bertz CT molecular complexity index is 3140. The van der Waals surface area contributed by atoms with Gasteiger partial charge in [-0.2, -0.15) is 0 Å². The first-order valence-electron chi connectivity index (χ1n) is 26.1. The molecule has 0 spiro atoms. The Balaban J connectivity index is 1.31. The number of rotatable bonds is 5. The number of aromatic nitrogens is 1. The van der Waals surface area contributed by atoms with E-state index in [2.05, 4.69) is 251 Å². The Morgan fingerprint density at radius 3 is 1.49 bits per heavy atom. The van der Waals surface area contributed by atoms with E-state index in [0.29, 0.717) is 0 Å². The second kappa shape index (κ2) is 15.7. The highest BCUT2D eigenvalue weighted by atomic mass is 15.3. The van der Waals surface area contributed by atoms with E-state index < -0.39 is 0 Å². The van der Waals surface area contributed by atoms with E-state index in [1.807, 2.05) is 0 Å². The Hall–Kier alpha value is -6.07. The van der Waals surface area contributed by atoms with Crippen molar-refractivity contribution >= 4 is 74.5 Å². The number of nitrogens with zero attached hydrogens (tertiary/aromatic N) is 4. The standard InChI is InChI=1S/C65H73BN4/c1-60(2,3)42-25-28-46(29-26-42)69-54-32-27-43(61(4,5)6)37-52(54)66-53-39-50-51(65(13,14)36-35-64(50,11)12)40-55(53)70(47-30-31-48-49(38-47)63(9,10)34-33-62(48,7)8)59-58(66)56(69)41-57(67-59)68(44-21-17-15-18-22-44)45-23-19-16-20-24-45/h15-32,37-41H,33-36H2,1-14H3. The van der Waals surface area contributed by atoms with Crippen LogP contribution in [0.15, 0.2) is 140 Å². The number of para-hydroxylation sites is 2. The molecule has 70 heavy (non-hydrogen) atoms. The highest BCUT2D eigenvalue weighted by Gasteiger charge is 2.48. The average molecular weight is 921 g/mol. The van der Waals surface area contributed by atoms with Gasteiger partial charge in [0.15, 0.2) is 0 Å². The van der Waals surface area contributed by atoms with Crippen molar-refractivity contribution in [3.05, 3.63) is 173 Å². The minimum absolute atomic E-state index is 0.00540. The van der Waals surface area contributed by atoms with Gasteiger partial charge >= 0.3 is 0 Å². The maximum Gasteiger partial charge on any atom is 0.254 e. The smallest absolute Gasteiger partial charge is 0.254 e. The van der Waals surface area contributed by atoms with Crippen molar-refractivity contribution in [3.63, 3.8) is 0 Å². The summed E-state index contributed by atoms with van der Waals surface area (Å²) in [7, 11) is 0. The van der Waals surface area contributed by atoms with Crippen LogP contribution in [0.4, 0.5) is 51.4 Å². The lowest BCUT2D eigenvalue weighted by atomic mass is 9.33. The molecule has 0 N–H and O–H groups in total. The first-order valence-corrected chi connectivity index (χ1v) is 26.1. The maximum absolute atomic E-state index is 6.11. The topological polar surface area (TPSA) is 22.6 Å². The molecule has 0 saturated heterocycles. The van der Waals surface area contributed by atoms with Gasteiger partial charge in [-0.3, -0.25) is 9.80 Å². The molecule has 11 rings (SSSR count). The van der Waals surface area contributed by atoms with Gasteiger partial charge in [0.1, 0.15) is 11.6 Å². The van der Waals surface area contributed by atoms with Crippen molar-refractivity contribution < 1.29 is 0 Å². The normalized spacial score (nSPS) is 18.0. The molecular weight excluding hydrogens is 848 g/mol. The third-order valence-electron chi connectivity index (χ3n) is 17.1. The molecule has 7 aromatic rings. The lowest BCUT2D eigenvalue weighted by Crippen LogP contribution is -2.62. The summed E-state index contributed by atoms with van der Waals surface area (Å²) in [4.78, 5) is 13.6. The average Bonchev–Trinajstić information content (AvgIpc) is 3.31. The van der Waals surface area contributed by atoms with Crippen LogP contribution >= 0.6 is 0 Å². The van der Waals surface area contributed by atoms with Gasteiger partial charge in [0.2, 0.25) is 0 Å². The van der Waals surface area contributed by atoms with Crippen LogP contribution in [0.5, 0.6) is 0 Å². The van der Waals surface area contributed by atoms with E-state index >= 15 is 0 Å². The van der Waals surface area contributed by atoms with Gasteiger partial charge in [-0.15, -0.1) is 0 Å². The minimum Gasteiger partial charge on any atom is -0.311 e. The van der Waals surface area contributed by atoms with E-state index in [1.165, 1.54) is 73.3 Å². The first kappa shape index (κ1) is 46.3. The van der Waals surface area contributed by atoms with Crippen LogP contribution in [-0.4, -0.2) is 11.7 Å². The van der Waals surface area contributed by atoms with Gasteiger partial charge < -0.3 is 4.90 Å². The molecule has 0 saturated carbocycles. The zero-order valence-electron chi connectivity index (χ0n) is 44.5. The van der Waals surface area contributed by atoms with Crippen molar-refractivity contribution in [2.45, 2.75) is 155 Å². The Labute approximate surface area is 420 Å². The molecule has 1 aromatic heterocycles. The molecule has 4 nitrogen and oxygen atoms in total. The van der Waals surface area contributed by atoms with Crippen molar-refractivity contribution in [1.29, 1.82) is 0 Å². The second-order valence-electron chi connectivity index (χ2n) is 25.9. The van der Waals surface area contributed by atoms with Gasteiger partial charge in [-0.25, -0.2) is 4.98 Å². The zero-order valence-corrected chi connectivity index (χ0v) is 44.5. The summed E-state index contributed by atoms with van der Waals surface area (Å²) in [5.41, 5.74) is 20.6. The molecular formula is C65H73BN4. The lowest BCUT2D eigenvalue weighted by Gasteiger charge is -2.48. The molecule has 0 radical (unpaired) electrons. The van der Waals surface area contributed by atoms with Gasteiger partial charge in [0.25, 0.3) is 6.71 Å². The molecule has 2 aliphatic carbocycles. The van der Waals surface area contributed by atoms with Gasteiger partial charge in [0.05, 0.1) is 0 Å². The van der Waals surface area contributed by atoms with E-state index in [-0.39, 0.29) is 39.2 Å². The summed E-state index contributed by atoms with van der Waals surface area (Å²) in [6.07, 6.45) is 4.62. The third kappa shape index (κ3) is 7.43. The summed E-state index contributed by atoms with van der Waals surface area (Å²) < 4.78 is 0. The monoisotopic (exact) mass is 921 g/mol. The van der Waals surface area contributed by atoms with Crippen LogP contribution in [0, 0.1) is 0 Å². The predicted molar refractivity (Wildman–Crippen MR) is 301 cm³/mol. The van der Waals surface area contributed by atoms with E-state index in [1.54, 1.807) is 0 Å². The molecule has 0 fully saturated rings. The largest absolute Gasteiger partial charge is 0.311 e. The van der Waals surface area contributed by atoms with Crippen LogP contribution in [0.2, 0.25) is 0 Å². The number of hydrogen-bond acceptors (Lipinski definition) is 4. The highest BCUT2D eigenvalue weighted by molar-refractivity contribution is 7.00. The third-order valence-corrected chi connectivity index (χ3v) is 17.1. The van der Waals surface area contributed by atoms with E-state index in [0.717, 1.165) is 53.6 Å². The van der Waals surface area contributed by atoms with Crippen molar-refractivity contribution in [1.82, 2.24) is 4.98 Å². The Morgan fingerprint density at radius 2 is 0.929 bits per heavy atom. The molecule has 0 unspecified atom stereocenters. The molecule has 4 aliphatic rings. The highest BCUT2D eigenvalue weighted by Crippen LogP contribution is 2.53. The lowest BCUT2D eigenvalue weighted by molar-refractivity contribution is 0.332. The zero-order chi connectivity index (χ0) is 49.5. The fraction of sp³-hybridized carbons (Fsp3) is 0.369. The van der Waals surface area contributed by atoms with Crippen molar-refractivity contribution in [3.8, 4) is 0 Å². The second-order valence-corrected chi connectivity index (χ2v) is 25.9. The van der Waals surface area contributed by atoms with Crippen molar-refractivity contribution in [2.75, 3.05) is 14.7 Å². The van der Waals surface area contributed by atoms with Crippen LogP contribution in [0.3, 0.4) is 0 Å². The SMILES string of the molecule is CC(C)(C)c1ccc(N2c3ccc(C(C)(C)C)cc3B3c4cc5c(cc4N(c4ccc6c(c4)C(C)(C)CCC6(C)C)c4nc(N(c6ccccc6)c6ccccc6)cc2c43)C(C)(C)CCC5(C)C)cc1. The van der Waals surface area contributed by atoms with E-state index in [4.69, 9.17) is 4.98 Å².